The maximum Gasteiger partial charge on any atom is 0.329 e. The van der Waals surface area contributed by atoms with Crippen molar-refractivity contribution in [1.82, 2.24) is 19.1 Å². The van der Waals surface area contributed by atoms with Crippen LogP contribution in [0.2, 0.25) is 5.02 Å². The highest BCUT2D eigenvalue weighted by Crippen LogP contribution is 2.21. The Morgan fingerprint density at radius 3 is 2.80 bits per heavy atom. The average molecular weight is 364 g/mol. The molecular weight excluding hydrogens is 346 g/mol. The zero-order chi connectivity index (χ0) is 18.0. The molecule has 3 rings (SSSR count). The van der Waals surface area contributed by atoms with E-state index < -0.39 is 11.2 Å². The molecule has 0 aliphatic rings. The number of benzene rings is 1. The van der Waals surface area contributed by atoms with E-state index in [-0.39, 0.29) is 0 Å². The Balaban J connectivity index is 2.17. The Hall–Kier alpha value is -2.58. The highest BCUT2D eigenvalue weighted by molar-refractivity contribution is 6.31. The largest absolute Gasteiger partial charge is 0.383 e. The molecule has 132 valence electrons. The summed E-state index contributed by atoms with van der Waals surface area (Å²) in [6.07, 6.45) is 0. The highest BCUT2D eigenvalue weighted by atomic mass is 35.5. The molecule has 0 spiro atoms. The van der Waals surface area contributed by atoms with Crippen LogP contribution in [0.1, 0.15) is 5.56 Å². The van der Waals surface area contributed by atoms with Crippen molar-refractivity contribution in [3.63, 3.8) is 0 Å². The average Bonchev–Trinajstić information content (AvgIpc) is 2.94. The number of anilines is 1. The van der Waals surface area contributed by atoms with Crippen LogP contribution in [0, 0.1) is 0 Å². The van der Waals surface area contributed by atoms with Gasteiger partial charge in [-0.2, -0.15) is 4.98 Å². The molecule has 0 aliphatic carbocycles. The van der Waals surface area contributed by atoms with Crippen LogP contribution in [0.3, 0.4) is 0 Å². The SMILES string of the molecule is COCCNc1nc2c(c(=O)[nH]c(=O)n2C)n1Cc1ccccc1Cl. The van der Waals surface area contributed by atoms with E-state index >= 15 is 0 Å². The summed E-state index contributed by atoms with van der Waals surface area (Å²) < 4.78 is 8.06. The van der Waals surface area contributed by atoms with E-state index in [0.717, 1.165) is 5.56 Å². The van der Waals surface area contributed by atoms with Crippen LogP contribution in [0.4, 0.5) is 5.95 Å². The highest BCUT2D eigenvalue weighted by Gasteiger charge is 2.18. The molecule has 0 amide bonds. The summed E-state index contributed by atoms with van der Waals surface area (Å²) >= 11 is 6.25. The van der Waals surface area contributed by atoms with Gasteiger partial charge in [-0.1, -0.05) is 29.8 Å². The van der Waals surface area contributed by atoms with Crippen molar-refractivity contribution in [3.8, 4) is 0 Å². The van der Waals surface area contributed by atoms with Gasteiger partial charge in [-0.15, -0.1) is 0 Å². The molecule has 0 fully saturated rings. The number of halogens is 1. The maximum absolute atomic E-state index is 12.4. The van der Waals surface area contributed by atoms with Gasteiger partial charge in [0, 0.05) is 25.7 Å². The van der Waals surface area contributed by atoms with Crippen molar-refractivity contribution >= 4 is 28.7 Å². The van der Waals surface area contributed by atoms with Gasteiger partial charge in [-0.05, 0) is 11.6 Å². The monoisotopic (exact) mass is 363 g/mol. The number of hydrogen-bond donors (Lipinski definition) is 2. The molecule has 2 N–H and O–H groups in total. The van der Waals surface area contributed by atoms with Gasteiger partial charge in [0.15, 0.2) is 11.2 Å². The van der Waals surface area contributed by atoms with E-state index in [2.05, 4.69) is 15.3 Å². The Bertz CT molecular complexity index is 1020. The molecule has 2 aromatic heterocycles. The molecule has 0 saturated heterocycles. The number of methoxy groups -OCH3 is 1. The van der Waals surface area contributed by atoms with Crippen LogP contribution in [0.15, 0.2) is 33.9 Å². The summed E-state index contributed by atoms with van der Waals surface area (Å²) in [4.78, 5) is 31.0. The normalized spacial score (nSPS) is 11.2. The van der Waals surface area contributed by atoms with E-state index in [0.29, 0.717) is 41.8 Å². The first-order valence-electron chi connectivity index (χ1n) is 7.68. The van der Waals surface area contributed by atoms with Gasteiger partial charge in [0.1, 0.15) is 0 Å². The van der Waals surface area contributed by atoms with E-state index in [1.54, 1.807) is 24.8 Å². The summed E-state index contributed by atoms with van der Waals surface area (Å²) in [6.45, 7) is 1.32. The number of nitrogens with one attached hydrogen (secondary N) is 2. The standard InChI is InChI=1S/C16H18ClN5O3/c1-21-13-12(14(23)20-16(21)24)22(15(19-13)18-7-8-25-2)9-10-5-3-4-6-11(10)17/h3-6H,7-9H2,1-2H3,(H,18,19)(H,20,23,24). The second-order valence-corrected chi connectivity index (χ2v) is 5.93. The summed E-state index contributed by atoms with van der Waals surface area (Å²) in [6, 6.07) is 7.38. The first kappa shape index (κ1) is 17.2. The fourth-order valence-electron chi connectivity index (χ4n) is 2.59. The lowest BCUT2D eigenvalue weighted by atomic mass is 10.2. The fraction of sp³-hybridized carbons (Fsp3) is 0.312. The molecule has 2 heterocycles. The second kappa shape index (κ2) is 7.12. The number of nitrogens with zero attached hydrogens (tertiary/aromatic N) is 3. The number of aromatic amines is 1. The number of hydrogen-bond acceptors (Lipinski definition) is 5. The third kappa shape index (κ3) is 3.31. The molecule has 0 aliphatic heterocycles. The number of aromatic nitrogens is 4. The molecule has 0 saturated carbocycles. The second-order valence-electron chi connectivity index (χ2n) is 5.52. The summed E-state index contributed by atoms with van der Waals surface area (Å²) in [7, 11) is 3.16. The van der Waals surface area contributed by atoms with E-state index in [1.165, 1.54) is 4.57 Å². The number of aryl methyl sites for hydroxylation is 1. The number of imidazole rings is 1. The van der Waals surface area contributed by atoms with Crippen molar-refractivity contribution in [2.45, 2.75) is 6.54 Å². The zero-order valence-electron chi connectivity index (χ0n) is 13.9. The molecule has 3 aromatic rings. The lowest BCUT2D eigenvalue weighted by Gasteiger charge is -2.11. The minimum absolute atomic E-state index is 0.306. The number of rotatable bonds is 6. The van der Waals surface area contributed by atoms with Gasteiger partial charge in [-0.25, -0.2) is 4.79 Å². The molecule has 1 aromatic carbocycles. The summed E-state index contributed by atoms with van der Waals surface area (Å²) in [5.41, 5.74) is 0.454. The van der Waals surface area contributed by atoms with Gasteiger partial charge in [-0.3, -0.25) is 18.9 Å². The molecule has 9 heteroatoms. The van der Waals surface area contributed by atoms with Crippen LogP contribution in [0.5, 0.6) is 0 Å². The van der Waals surface area contributed by atoms with Gasteiger partial charge < -0.3 is 10.1 Å². The van der Waals surface area contributed by atoms with Gasteiger partial charge in [0.25, 0.3) is 5.56 Å². The van der Waals surface area contributed by atoms with Crippen LogP contribution >= 0.6 is 11.6 Å². The lowest BCUT2D eigenvalue weighted by Crippen LogP contribution is -2.29. The maximum atomic E-state index is 12.4. The molecule has 25 heavy (non-hydrogen) atoms. The van der Waals surface area contributed by atoms with Gasteiger partial charge in [0.2, 0.25) is 5.95 Å². The molecule has 0 atom stereocenters. The van der Waals surface area contributed by atoms with Crippen molar-refractivity contribution in [2.24, 2.45) is 7.05 Å². The van der Waals surface area contributed by atoms with Crippen LogP contribution in [0.25, 0.3) is 11.2 Å². The van der Waals surface area contributed by atoms with Crippen LogP contribution < -0.4 is 16.6 Å². The Morgan fingerprint density at radius 2 is 2.08 bits per heavy atom. The minimum atomic E-state index is -0.511. The van der Waals surface area contributed by atoms with Gasteiger partial charge in [0.05, 0.1) is 13.2 Å². The Kier molecular flexibility index (Phi) is 4.91. The van der Waals surface area contributed by atoms with E-state index in [9.17, 15) is 9.59 Å². The number of fused-ring (bicyclic) bond motifs is 1. The third-order valence-corrected chi connectivity index (χ3v) is 4.25. The first-order valence-corrected chi connectivity index (χ1v) is 8.06. The predicted molar refractivity (Wildman–Crippen MR) is 96.5 cm³/mol. The smallest absolute Gasteiger partial charge is 0.329 e. The van der Waals surface area contributed by atoms with Crippen molar-refractivity contribution in [2.75, 3.05) is 25.6 Å². The summed E-state index contributed by atoms with van der Waals surface area (Å²) in [5.74, 6) is 0.471. The molecule has 0 bridgehead atoms. The zero-order valence-corrected chi connectivity index (χ0v) is 14.6. The van der Waals surface area contributed by atoms with E-state index in [1.807, 2.05) is 18.2 Å². The van der Waals surface area contributed by atoms with Gasteiger partial charge >= 0.3 is 5.69 Å². The van der Waals surface area contributed by atoms with Crippen LogP contribution in [-0.4, -0.2) is 39.4 Å². The lowest BCUT2D eigenvalue weighted by molar-refractivity contribution is 0.210. The quantitative estimate of drug-likeness (QED) is 0.641. The molecule has 0 radical (unpaired) electrons. The molecule has 8 nitrogen and oxygen atoms in total. The number of H-pyrrole nitrogens is 1. The van der Waals surface area contributed by atoms with Crippen molar-refractivity contribution in [3.05, 3.63) is 55.7 Å². The van der Waals surface area contributed by atoms with Crippen LogP contribution in [-0.2, 0) is 18.3 Å². The Morgan fingerprint density at radius 1 is 1.32 bits per heavy atom. The molecule has 0 unspecified atom stereocenters. The summed E-state index contributed by atoms with van der Waals surface area (Å²) in [5, 5.41) is 3.72. The fourth-order valence-corrected chi connectivity index (χ4v) is 2.78. The number of ether oxygens (including phenoxy) is 1. The van der Waals surface area contributed by atoms with E-state index in [4.69, 9.17) is 16.3 Å². The first-order chi connectivity index (χ1) is 12.0. The molecular formula is C16H18ClN5O3. The third-order valence-electron chi connectivity index (χ3n) is 3.88. The topological polar surface area (TPSA) is 93.9 Å². The minimum Gasteiger partial charge on any atom is -0.383 e. The Labute approximate surface area is 148 Å². The van der Waals surface area contributed by atoms with Crippen molar-refractivity contribution < 1.29 is 4.74 Å². The predicted octanol–water partition coefficient (Wildman–Crippen LogP) is 1.18. The van der Waals surface area contributed by atoms with Crippen molar-refractivity contribution in [1.29, 1.82) is 0 Å².